The minimum Gasteiger partial charge on any atom is -0.490 e. The van der Waals surface area contributed by atoms with Gasteiger partial charge in [0.1, 0.15) is 5.56 Å². The highest BCUT2D eigenvalue weighted by atomic mass is 16.5. The van der Waals surface area contributed by atoms with Crippen molar-refractivity contribution in [2.45, 2.75) is 12.8 Å². The number of para-hydroxylation sites is 1. The molecule has 2 rings (SSSR count). The van der Waals surface area contributed by atoms with Gasteiger partial charge in [-0.15, -0.1) is 0 Å². The van der Waals surface area contributed by atoms with E-state index in [1.165, 1.54) is 6.07 Å². The summed E-state index contributed by atoms with van der Waals surface area (Å²) in [6.07, 6.45) is 1.88. The summed E-state index contributed by atoms with van der Waals surface area (Å²) in [5, 5.41) is 9.07. The van der Waals surface area contributed by atoms with Gasteiger partial charge < -0.3 is 20.3 Å². The Morgan fingerprint density at radius 1 is 1.44 bits per heavy atom. The van der Waals surface area contributed by atoms with Gasteiger partial charge in [0.25, 0.3) is 0 Å². The molecule has 98 valence electrons. The number of rotatable bonds is 4. The summed E-state index contributed by atoms with van der Waals surface area (Å²) in [4.78, 5) is 11.1. The zero-order valence-electron chi connectivity index (χ0n) is 10.1. The second kappa shape index (κ2) is 5.73. The lowest BCUT2D eigenvalue weighted by atomic mass is 10.0. The molecule has 1 aliphatic rings. The molecule has 0 radical (unpaired) electrons. The molecule has 1 saturated heterocycles. The quantitative estimate of drug-likeness (QED) is 0.797. The molecule has 1 fully saturated rings. The van der Waals surface area contributed by atoms with E-state index in [-0.39, 0.29) is 11.3 Å². The van der Waals surface area contributed by atoms with E-state index in [1.54, 1.807) is 12.1 Å². The number of nitrogens with two attached hydrogens (primary N) is 1. The predicted octanol–water partition coefficient (Wildman–Crippen LogP) is 1.77. The predicted molar refractivity (Wildman–Crippen MR) is 66.9 cm³/mol. The second-order valence-corrected chi connectivity index (χ2v) is 4.40. The van der Waals surface area contributed by atoms with Gasteiger partial charge in [-0.25, -0.2) is 4.79 Å². The Morgan fingerprint density at radius 2 is 2.17 bits per heavy atom. The summed E-state index contributed by atoms with van der Waals surface area (Å²) in [6.45, 7) is 1.96. The fourth-order valence-electron chi connectivity index (χ4n) is 2.00. The van der Waals surface area contributed by atoms with Crippen molar-refractivity contribution in [1.29, 1.82) is 0 Å². The van der Waals surface area contributed by atoms with Crippen LogP contribution >= 0.6 is 0 Å². The molecule has 0 bridgehead atoms. The van der Waals surface area contributed by atoms with Crippen molar-refractivity contribution in [3.8, 4) is 5.75 Å². The SMILES string of the molecule is Nc1cccc(C(=O)O)c1OCC1CCOCC1. The number of benzene rings is 1. The Balaban J connectivity index is 2.05. The van der Waals surface area contributed by atoms with E-state index in [0.29, 0.717) is 18.2 Å². The van der Waals surface area contributed by atoms with Crippen molar-refractivity contribution in [3.63, 3.8) is 0 Å². The fraction of sp³-hybridized carbons (Fsp3) is 0.462. The van der Waals surface area contributed by atoms with E-state index in [4.69, 9.17) is 20.3 Å². The van der Waals surface area contributed by atoms with Gasteiger partial charge in [0.2, 0.25) is 0 Å². The Hall–Kier alpha value is -1.75. The zero-order valence-corrected chi connectivity index (χ0v) is 10.1. The number of ether oxygens (including phenoxy) is 2. The number of hydrogen-bond donors (Lipinski definition) is 2. The Morgan fingerprint density at radius 3 is 2.83 bits per heavy atom. The molecule has 1 heterocycles. The fourth-order valence-corrected chi connectivity index (χ4v) is 2.00. The van der Waals surface area contributed by atoms with Crippen LogP contribution in [0.4, 0.5) is 5.69 Å². The molecule has 0 atom stereocenters. The third-order valence-corrected chi connectivity index (χ3v) is 3.08. The molecule has 5 heteroatoms. The van der Waals surface area contributed by atoms with Crippen molar-refractivity contribution >= 4 is 11.7 Å². The van der Waals surface area contributed by atoms with Crippen LogP contribution in [-0.2, 0) is 4.74 Å². The first kappa shape index (κ1) is 12.7. The summed E-state index contributed by atoms with van der Waals surface area (Å²) in [5.41, 5.74) is 6.24. The highest BCUT2D eigenvalue weighted by Gasteiger charge is 2.18. The van der Waals surface area contributed by atoms with Crippen molar-refractivity contribution in [2.75, 3.05) is 25.6 Å². The normalized spacial score (nSPS) is 16.4. The average molecular weight is 251 g/mol. The maximum atomic E-state index is 11.1. The van der Waals surface area contributed by atoms with Crippen molar-refractivity contribution < 1.29 is 19.4 Å². The molecule has 0 spiro atoms. The zero-order chi connectivity index (χ0) is 13.0. The van der Waals surface area contributed by atoms with E-state index < -0.39 is 5.97 Å². The van der Waals surface area contributed by atoms with Crippen LogP contribution in [0, 0.1) is 5.92 Å². The maximum Gasteiger partial charge on any atom is 0.339 e. The van der Waals surface area contributed by atoms with Crippen LogP contribution in [0.3, 0.4) is 0 Å². The third kappa shape index (κ3) is 2.92. The van der Waals surface area contributed by atoms with Crippen LogP contribution in [0.1, 0.15) is 23.2 Å². The van der Waals surface area contributed by atoms with Crippen molar-refractivity contribution in [2.24, 2.45) is 5.92 Å². The third-order valence-electron chi connectivity index (χ3n) is 3.08. The number of hydrogen-bond acceptors (Lipinski definition) is 4. The van der Waals surface area contributed by atoms with Crippen LogP contribution in [0.25, 0.3) is 0 Å². The first-order chi connectivity index (χ1) is 8.68. The lowest BCUT2D eigenvalue weighted by molar-refractivity contribution is 0.0491. The molecule has 5 nitrogen and oxygen atoms in total. The summed E-state index contributed by atoms with van der Waals surface area (Å²) in [5.74, 6) is -0.347. The molecule has 0 aliphatic carbocycles. The first-order valence-corrected chi connectivity index (χ1v) is 6.01. The maximum absolute atomic E-state index is 11.1. The van der Waals surface area contributed by atoms with Gasteiger partial charge in [0, 0.05) is 13.2 Å². The van der Waals surface area contributed by atoms with Crippen molar-refractivity contribution in [1.82, 2.24) is 0 Å². The number of carboxylic acids is 1. The van der Waals surface area contributed by atoms with Crippen LogP contribution in [0.2, 0.25) is 0 Å². The summed E-state index contributed by atoms with van der Waals surface area (Å²) in [7, 11) is 0. The Kier molecular flexibility index (Phi) is 4.04. The van der Waals surface area contributed by atoms with E-state index in [1.807, 2.05) is 0 Å². The lowest BCUT2D eigenvalue weighted by Crippen LogP contribution is -2.22. The molecule has 3 N–H and O–H groups in total. The van der Waals surface area contributed by atoms with E-state index in [9.17, 15) is 4.79 Å². The van der Waals surface area contributed by atoms with Crippen LogP contribution in [-0.4, -0.2) is 30.9 Å². The van der Waals surface area contributed by atoms with Gasteiger partial charge >= 0.3 is 5.97 Å². The monoisotopic (exact) mass is 251 g/mol. The van der Waals surface area contributed by atoms with Crippen molar-refractivity contribution in [3.05, 3.63) is 23.8 Å². The number of anilines is 1. The smallest absolute Gasteiger partial charge is 0.339 e. The number of carboxylic acid groups (broad SMARTS) is 1. The van der Waals surface area contributed by atoms with Gasteiger partial charge in [-0.3, -0.25) is 0 Å². The van der Waals surface area contributed by atoms with E-state index in [0.717, 1.165) is 26.1 Å². The molecule has 0 aromatic heterocycles. The molecule has 1 aliphatic heterocycles. The van der Waals surface area contributed by atoms with Gasteiger partial charge in [-0.2, -0.15) is 0 Å². The van der Waals surface area contributed by atoms with E-state index in [2.05, 4.69) is 0 Å². The molecule has 0 amide bonds. The van der Waals surface area contributed by atoms with Gasteiger partial charge in [-0.1, -0.05) is 6.07 Å². The van der Waals surface area contributed by atoms with Gasteiger partial charge in [-0.05, 0) is 30.9 Å². The number of nitrogen functional groups attached to an aromatic ring is 1. The summed E-state index contributed by atoms with van der Waals surface area (Å²) >= 11 is 0. The minimum atomic E-state index is -1.02. The largest absolute Gasteiger partial charge is 0.490 e. The Labute approximate surface area is 106 Å². The lowest BCUT2D eigenvalue weighted by Gasteiger charge is -2.22. The highest BCUT2D eigenvalue weighted by molar-refractivity contribution is 5.93. The van der Waals surface area contributed by atoms with Gasteiger partial charge in [0.05, 0.1) is 12.3 Å². The Bertz CT molecular complexity index is 427. The van der Waals surface area contributed by atoms with Gasteiger partial charge in [0.15, 0.2) is 5.75 Å². The minimum absolute atomic E-state index is 0.113. The first-order valence-electron chi connectivity index (χ1n) is 6.01. The van der Waals surface area contributed by atoms with Crippen LogP contribution in [0.15, 0.2) is 18.2 Å². The van der Waals surface area contributed by atoms with Crippen LogP contribution in [0.5, 0.6) is 5.75 Å². The molecule has 1 aromatic rings. The second-order valence-electron chi connectivity index (χ2n) is 4.40. The van der Waals surface area contributed by atoms with Crippen LogP contribution < -0.4 is 10.5 Å². The molecular formula is C13H17NO4. The molecule has 18 heavy (non-hydrogen) atoms. The summed E-state index contributed by atoms with van der Waals surface area (Å²) < 4.78 is 10.9. The molecule has 0 saturated carbocycles. The molecule has 1 aromatic carbocycles. The highest BCUT2D eigenvalue weighted by Crippen LogP contribution is 2.27. The summed E-state index contributed by atoms with van der Waals surface area (Å²) in [6, 6.07) is 4.75. The average Bonchev–Trinajstić information content (AvgIpc) is 2.38. The molecule has 0 unspecified atom stereocenters. The number of carbonyl (C=O) groups is 1. The standard InChI is InChI=1S/C13H17NO4/c14-11-3-1-2-10(13(15)16)12(11)18-8-9-4-6-17-7-5-9/h1-3,9H,4-8,14H2,(H,15,16). The van der Waals surface area contributed by atoms with E-state index >= 15 is 0 Å². The number of aromatic carboxylic acids is 1. The topological polar surface area (TPSA) is 81.8 Å². The molecular weight excluding hydrogens is 234 g/mol.